The number of anilines is 1. The molecule has 0 unspecified atom stereocenters. The zero-order valence-electron chi connectivity index (χ0n) is 17.0. The first kappa shape index (κ1) is 20.4. The van der Waals surface area contributed by atoms with E-state index >= 15 is 0 Å². The van der Waals surface area contributed by atoms with Crippen molar-refractivity contribution < 1.29 is 28.6 Å². The molecule has 0 aliphatic carbocycles. The Morgan fingerprint density at radius 3 is 2.87 bits per heavy atom. The number of hydrogen-bond donors (Lipinski definition) is 2. The van der Waals surface area contributed by atoms with Gasteiger partial charge in [0.15, 0.2) is 0 Å². The summed E-state index contributed by atoms with van der Waals surface area (Å²) in [5.74, 6) is -0.537. The summed E-state index contributed by atoms with van der Waals surface area (Å²) in [6, 6.07) is 9.98. The van der Waals surface area contributed by atoms with E-state index in [1.54, 1.807) is 31.2 Å². The number of nitrogens with one attached hydrogen (secondary N) is 1. The summed E-state index contributed by atoms with van der Waals surface area (Å²) in [4.78, 5) is 35.6. The first-order valence-corrected chi connectivity index (χ1v) is 9.83. The topological polar surface area (TPSA) is 124 Å². The van der Waals surface area contributed by atoms with Crippen molar-refractivity contribution in [2.45, 2.75) is 32.7 Å². The summed E-state index contributed by atoms with van der Waals surface area (Å²) in [5.41, 5.74) is 2.24. The van der Waals surface area contributed by atoms with E-state index in [1.807, 2.05) is 6.92 Å². The van der Waals surface area contributed by atoms with Gasteiger partial charge in [0.2, 0.25) is 5.91 Å². The molecule has 1 aromatic carbocycles. The van der Waals surface area contributed by atoms with Crippen molar-refractivity contribution in [3.8, 4) is 11.3 Å². The fourth-order valence-corrected chi connectivity index (χ4v) is 3.80. The Balaban J connectivity index is 1.69. The van der Waals surface area contributed by atoms with Crippen LogP contribution in [0.25, 0.3) is 11.3 Å². The Labute approximate surface area is 177 Å². The summed E-state index contributed by atoms with van der Waals surface area (Å²) in [5, 5.41) is 16.4. The van der Waals surface area contributed by atoms with Crippen LogP contribution in [0.15, 0.2) is 40.8 Å². The lowest BCUT2D eigenvalue weighted by Gasteiger charge is -2.22. The smallest absolute Gasteiger partial charge is 0.335 e. The second-order valence-electron chi connectivity index (χ2n) is 7.20. The van der Waals surface area contributed by atoms with Crippen LogP contribution < -0.4 is 5.32 Å². The molecule has 0 fully saturated rings. The maximum Gasteiger partial charge on any atom is 0.335 e. The highest BCUT2D eigenvalue weighted by atomic mass is 16.5. The quantitative estimate of drug-likeness (QED) is 0.584. The number of hydrogen-bond acceptors (Lipinski definition) is 6. The molecule has 1 aliphatic rings. The molecule has 9 nitrogen and oxygen atoms in total. The van der Waals surface area contributed by atoms with Gasteiger partial charge in [0, 0.05) is 17.5 Å². The maximum atomic E-state index is 12.4. The zero-order chi connectivity index (χ0) is 22.1. The van der Waals surface area contributed by atoms with Gasteiger partial charge in [-0.05, 0) is 38.1 Å². The number of carboxylic acid groups (broad SMARTS) is 1. The molecule has 31 heavy (non-hydrogen) atoms. The van der Waals surface area contributed by atoms with Gasteiger partial charge in [0.05, 0.1) is 23.8 Å². The third kappa shape index (κ3) is 3.94. The van der Waals surface area contributed by atoms with Crippen molar-refractivity contribution in [3.63, 3.8) is 0 Å². The SMILES string of the molecule is CCOC(=O)Cn1nc(C)c2c1NC(=O)C[C@@H]2c1ccc(-c2cccc(C(=O)O)c2)o1. The Bertz CT molecular complexity index is 1180. The lowest BCUT2D eigenvalue weighted by molar-refractivity contribution is -0.144. The molecule has 2 aromatic heterocycles. The van der Waals surface area contributed by atoms with E-state index in [0.717, 1.165) is 5.56 Å². The molecule has 160 valence electrons. The number of aromatic carboxylic acids is 1. The van der Waals surface area contributed by atoms with Crippen molar-refractivity contribution in [1.82, 2.24) is 9.78 Å². The molecule has 1 aliphatic heterocycles. The third-order valence-corrected chi connectivity index (χ3v) is 5.12. The van der Waals surface area contributed by atoms with Gasteiger partial charge >= 0.3 is 11.9 Å². The van der Waals surface area contributed by atoms with Gasteiger partial charge < -0.3 is 19.6 Å². The van der Waals surface area contributed by atoms with Crippen molar-refractivity contribution >= 4 is 23.7 Å². The van der Waals surface area contributed by atoms with E-state index < -0.39 is 11.9 Å². The summed E-state index contributed by atoms with van der Waals surface area (Å²) in [7, 11) is 0. The number of aromatic nitrogens is 2. The molecule has 2 N–H and O–H groups in total. The number of amides is 1. The standard InChI is InChI=1S/C22H21N3O6/c1-3-30-19(27)11-25-21-20(12(2)24-25)15(10-18(26)23-21)17-8-7-16(31-17)13-5-4-6-14(9-13)22(28)29/h4-9,15H,3,10-11H2,1-2H3,(H,23,26)(H,28,29)/t15-/m1/s1. The number of carbonyl (C=O) groups is 3. The lowest BCUT2D eigenvalue weighted by atomic mass is 9.90. The maximum absolute atomic E-state index is 12.4. The molecule has 0 saturated carbocycles. The first-order valence-electron chi connectivity index (χ1n) is 9.83. The second-order valence-corrected chi connectivity index (χ2v) is 7.20. The molecule has 0 saturated heterocycles. The predicted molar refractivity (Wildman–Crippen MR) is 110 cm³/mol. The molecular weight excluding hydrogens is 402 g/mol. The molecular formula is C22H21N3O6. The predicted octanol–water partition coefficient (Wildman–Crippen LogP) is 3.19. The fraction of sp³-hybridized carbons (Fsp3) is 0.273. The summed E-state index contributed by atoms with van der Waals surface area (Å²) in [6.45, 7) is 3.68. The van der Waals surface area contributed by atoms with Crippen LogP contribution in [0.4, 0.5) is 5.82 Å². The van der Waals surface area contributed by atoms with E-state index in [1.165, 1.54) is 16.8 Å². The highest BCUT2D eigenvalue weighted by molar-refractivity contribution is 5.95. The van der Waals surface area contributed by atoms with Crippen LogP contribution in [0, 0.1) is 6.92 Å². The number of benzene rings is 1. The zero-order valence-corrected chi connectivity index (χ0v) is 17.0. The summed E-state index contributed by atoms with van der Waals surface area (Å²) >= 11 is 0. The fourth-order valence-electron chi connectivity index (χ4n) is 3.80. The average Bonchev–Trinajstić information content (AvgIpc) is 3.33. The molecule has 4 rings (SSSR count). The Morgan fingerprint density at radius 1 is 1.32 bits per heavy atom. The Kier molecular flexibility index (Phi) is 5.33. The van der Waals surface area contributed by atoms with E-state index in [-0.39, 0.29) is 37.0 Å². The number of carbonyl (C=O) groups excluding carboxylic acids is 2. The third-order valence-electron chi connectivity index (χ3n) is 5.12. The molecule has 3 aromatic rings. The van der Waals surface area contributed by atoms with E-state index in [0.29, 0.717) is 28.6 Å². The average molecular weight is 423 g/mol. The van der Waals surface area contributed by atoms with Crippen LogP contribution in [0.3, 0.4) is 0 Å². The molecule has 0 radical (unpaired) electrons. The molecule has 3 heterocycles. The van der Waals surface area contributed by atoms with Gasteiger partial charge in [-0.3, -0.25) is 9.59 Å². The van der Waals surface area contributed by atoms with Crippen LogP contribution in [0.1, 0.15) is 46.6 Å². The summed E-state index contributed by atoms with van der Waals surface area (Å²) < 4.78 is 12.5. The van der Waals surface area contributed by atoms with Crippen molar-refractivity contribution in [2.75, 3.05) is 11.9 Å². The van der Waals surface area contributed by atoms with Gasteiger partial charge in [0.25, 0.3) is 0 Å². The van der Waals surface area contributed by atoms with E-state index in [4.69, 9.17) is 9.15 Å². The lowest BCUT2D eigenvalue weighted by Crippen LogP contribution is -2.26. The van der Waals surface area contributed by atoms with E-state index in [2.05, 4.69) is 10.4 Å². The Morgan fingerprint density at radius 2 is 2.13 bits per heavy atom. The Hall–Kier alpha value is -3.88. The summed E-state index contributed by atoms with van der Waals surface area (Å²) in [6.07, 6.45) is 0.168. The van der Waals surface area contributed by atoms with Gasteiger partial charge in [-0.15, -0.1) is 0 Å². The molecule has 0 bridgehead atoms. The van der Waals surface area contributed by atoms with Crippen molar-refractivity contribution in [1.29, 1.82) is 0 Å². The van der Waals surface area contributed by atoms with Crippen molar-refractivity contribution in [2.24, 2.45) is 0 Å². The number of rotatable bonds is 6. The number of carboxylic acids is 1. The molecule has 1 atom stereocenters. The molecule has 9 heteroatoms. The van der Waals surface area contributed by atoms with E-state index in [9.17, 15) is 19.5 Å². The largest absolute Gasteiger partial charge is 0.478 e. The normalized spacial score (nSPS) is 15.3. The van der Waals surface area contributed by atoms with Crippen LogP contribution >= 0.6 is 0 Å². The number of aryl methyl sites for hydroxylation is 1. The molecule has 1 amide bonds. The number of furan rings is 1. The number of fused-ring (bicyclic) bond motifs is 1. The van der Waals surface area contributed by atoms with Crippen LogP contribution in [0.5, 0.6) is 0 Å². The van der Waals surface area contributed by atoms with Gasteiger partial charge in [-0.25, -0.2) is 9.48 Å². The minimum absolute atomic E-state index is 0.109. The number of ether oxygens (including phenoxy) is 1. The molecule has 0 spiro atoms. The minimum atomic E-state index is -1.02. The van der Waals surface area contributed by atoms with Crippen LogP contribution in [0.2, 0.25) is 0 Å². The first-order chi connectivity index (χ1) is 14.9. The minimum Gasteiger partial charge on any atom is -0.478 e. The highest BCUT2D eigenvalue weighted by Crippen LogP contribution is 2.40. The van der Waals surface area contributed by atoms with Gasteiger partial charge in [0.1, 0.15) is 23.9 Å². The van der Waals surface area contributed by atoms with Crippen LogP contribution in [-0.2, 0) is 20.9 Å². The highest BCUT2D eigenvalue weighted by Gasteiger charge is 2.34. The van der Waals surface area contributed by atoms with Crippen molar-refractivity contribution in [3.05, 3.63) is 59.0 Å². The monoisotopic (exact) mass is 423 g/mol. The van der Waals surface area contributed by atoms with Gasteiger partial charge in [-0.1, -0.05) is 12.1 Å². The second kappa shape index (κ2) is 8.10. The number of nitrogens with zero attached hydrogens (tertiary/aromatic N) is 2. The number of esters is 1. The van der Waals surface area contributed by atoms with Crippen LogP contribution in [-0.4, -0.2) is 39.3 Å². The van der Waals surface area contributed by atoms with Gasteiger partial charge in [-0.2, -0.15) is 5.10 Å².